The summed E-state index contributed by atoms with van der Waals surface area (Å²) in [6, 6.07) is 9.81. The standard InChI is InChI=1S/C10H12N4/c1-2-9-11-13-10(14-12-9)8-6-4-3-5-7-8/h3-7,9,11H,2H2,1H3. The Morgan fingerprint density at radius 1 is 1.29 bits per heavy atom. The summed E-state index contributed by atoms with van der Waals surface area (Å²) < 4.78 is 0. The Hall–Kier alpha value is -1.71. The number of hydrogen-bond acceptors (Lipinski definition) is 4. The first-order valence-corrected chi connectivity index (χ1v) is 4.69. The lowest BCUT2D eigenvalue weighted by Gasteiger charge is -2.13. The minimum Gasteiger partial charge on any atom is -0.282 e. The van der Waals surface area contributed by atoms with E-state index in [9.17, 15) is 0 Å². The summed E-state index contributed by atoms with van der Waals surface area (Å²) in [5, 5.41) is 12.3. The molecule has 14 heavy (non-hydrogen) atoms. The van der Waals surface area contributed by atoms with Crippen molar-refractivity contribution < 1.29 is 0 Å². The van der Waals surface area contributed by atoms with Gasteiger partial charge in [0.05, 0.1) is 0 Å². The topological polar surface area (TPSA) is 49.1 Å². The molecule has 4 nitrogen and oxygen atoms in total. The van der Waals surface area contributed by atoms with Gasteiger partial charge in [-0.25, -0.2) is 0 Å². The Bertz CT molecular complexity index is 356. The zero-order valence-electron chi connectivity index (χ0n) is 8.01. The smallest absolute Gasteiger partial charge is 0.200 e. The van der Waals surface area contributed by atoms with Crippen molar-refractivity contribution in [1.29, 1.82) is 0 Å². The predicted molar refractivity (Wildman–Crippen MR) is 55.0 cm³/mol. The maximum Gasteiger partial charge on any atom is 0.200 e. The summed E-state index contributed by atoms with van der Waals surface area (Å²) in [6.45, 7) is 2.04. The summed E-state index contributed by atoms with van der Waals surface area (Å²) >= 11 is 0. The molecule has 0 aromatic heterocycles. The molecule has 1 unspecified atom stereocenters. The van der Waals surface area contributed by atoms with Crippen molar-refractivity contribution in [1.82, 2.24) is 5.43 Å². The van der Waals surface area contributed by atoms with Gasteiger partial charge in [0.2, 0.25) is 0 Å². The molecule has 1 aliphatic rings. The number of hydrogen-bond donors (Lipinski definition) is 1. The van der Waals surface area contributed by atoms with E-state index in [1.807, 2.05) is 37.3 Å². The highest BCUT2D eigenvalue weighted by Gasteiger charge is 2.10. The van der Waals surface area contributed by atoms with Crippen LogP contribution in [-0.4, -0.2) is 12.0 Å². The number of rotatable bonds is 2. The molecule has 4 heteroatoms. The fourth-order valence-electron chi connectivity index (χ4n) is 1.19. The van der Waals surface area contributed by atoms with E-state index in [1.54, 1.807) is 0 Å². The molecule has 0 aliphatic carbocycles. The second-order valence-electron chi connectivity index (χ2n) is 3.07. The Morgan fingerprint density at radius 3 is 2.64 bits per heavy atom. The number of nitrogens with zero attached hydrogens (tertiary/aromatic N) is 3. The van der Waals surface area contributed by atoms with E-state index >= 15 is 0 Å². The first-order valence-electron chi connectivity index (χ1n) is 4.69. The number of amidine groups is 1. The van der Waals surface area contributed by atoms with E-state index in [0.717, 1.165) is 12.0 Å². The number of hydrazone groups is 1. The van der Waals surface area contributed by atoms with Crippen LogP contribution in [0.2, 0.25) is 0 Å². The first-order chi connectivity index (χ1) is 6.90. The van der Waals surface area contributed by atoms with Crippen LogP contribution >= 0.6 is 0 Å². The van der Waals surface area contributed by atoms with Crippen molar-refractivity contribution in [2.24, 2.45) is 15.3 Å². The fourth-order valence-corrected chi connectivity index (χ4v) is 1.19. The SMILES string of the molecule is CCC1N=NC(c2ccccc2)=NN1. The van der Waals surface area contributed by atoms with Crippen LogP contribution in [-0.2, 0) is 0 Å². The van der Waals surface area contributed by atoms with Gasteiger partial charge in [-0.3, -0.25) is 5.43 Å². The molecule has 72 valence electrons. The van der Waals surface area contributed by atoms with Crippen LogP contribution in [0, 0.1) is 0 Å². The molecule has 0 spiro atoms. The lowest BCUT2D eigenvalue weighted by molar-refractivity contribution is 0.504. The van der Waals surface area contributed by atoms with Gasteiger partial charge in [-0.05, 0) is 6.42 Å². The lowest BCUT2D eigenvalue weighted by atomic mass is 10.2. The van der Waals surface area contributed by atoms with Crippen LogP contribution in [0.3, 0.4) is 0 Å². The van der Waals surface area contributed by atoms with E-state index < -0.39 is 0 Å². The molecule has 1 N–H and O–H groups in total. The average Bonchev–Trinajstić information content (AvgIpc) is 2.30. The average molecular weight is 188 g/mol. The van der Waals surface area contributed by atoms with E-state index in [2.05, 4.69) is 20.8 Å². The maximum atomic E-state index is 4.16. The maximum absolute atomic E-state index is 4.16. The second-order valence-corrected chi connectivity index (χ2v) is 3.07. The Balaban J connectivity index is 2.16. The quantitative estimate of drug-likeness (QED) is 0.759. The molecule has 2 rings (SSSR count). The van der Waals surface area contributed by atoms with Crippen LogP contribution in [0.5, 0.6) is 0 Å². The minimum atomic E-state index is 0.0301. The van der Waals surface area contributed by atoms with Gasteiger partial charge in [0.15, 0.2) is 12.0 Å². The van der Waals surface area contributed by atoms with Gasteiger partial charge in [-0.15, -0.1) is 5.11 Å². The Kier molecular flexibility index (Phi) is 2.53. The van der Waals surface area contributed by atoms with Gasteiger partial charge in [0, 0.05) is 5.56 Å². The lowest BCUT2D eigenvalue weighted by Crippen LogP contribution is -2.25. The minimum absolute atomic E-state index is 0.0301. The van der Waals surface area contributed by atoms with E-state index in [4.69, 9.17) is 0 Å². The van der Waals surface area contributed by atoms with Gasteiger partial charge in [0.25, 0.3) is 0 Å². The molecule has 1 aromatic carbocycles. The van der Waals surface area contributed by atoms with Crippen molar-refractivity contribution in [3.8, 4) is 0 Å². The molecule has 1 aliphatic heterocycles. The largest absolute Gasteiger partial charge is 0.282 e. The van der Waals surface area contributed by atoms with Crippen LogP contribution < -0.4 is 5.43 Å². The molecule has 1 heterocycles. The van der Waals surface area contributed by atoms with Crippen molar-refractivity contribution in [3.63, 3.8) is 0 Å². The third kappa shape index (κ3) is 1.79. The van der Waals surface area contributed by atoms with E-state index in [0.29, 0.717) is 5.84 Å². The zero-order chi connectivity index (χ0) is 9.80. The normalized spacial score (nSPS) is 20.1. The first kappa shape index (κ1) is 8.87. The van der Waals surface area contributed by atoms with Gasteiger partial charge in [-0.1, -0.05) is 37.3 Å². The molecule has 0 bridgehead atoms. The highest BCUT2D eigenvalue weighted by atomic mass is 15.4. The molecular weight excluding hydrogens is 176 g/mol. The van der Waals surface area contributed by atoms with Gasteiger partial charge in [0.1, 0.15) is 0 Å². The fraction of sp³-hybridized carbons (Fsp3) is 0.300. The molecule has 1 aromatic rings. The molecule has 0 amide bonds. The zero-order valence-corrected chi connectivity index (χ0v) is 8.01. The third-order valence-corrected chi connectivity index (χ3v) is 2.03. The van der Waals surface area contributed by atoms with E-state index in [-0.39, 0.29) is 6.17 Å². The van der Waals surface area contributed by atoms with Crippen LogP contribution in [0.25, 0.3) is 0 Å². The Morgan fingerprint density at radius 2 is 2.07 bits per heavy atom. The third-order valence-electron chi connectivity index (χ3n) is 2.03. The Labute approximate surface area is 82.7 Å². The van der Waals surface area contributed by atoms with Crippen molar-refractivity contribution >= 4 is 5.84 Å². The summed E-state index contributed by atoms with van der Waals surface area (Å²) in [5.41, 5.74) is 3.93. The van der Waals surface area contributed by atoms with Crippen molar-refractivity contribution in [2.75, 3.05) is 0 Å². The molecule has 0 radical (unpaired) electrons. The number of nitrogens with one attached hydrogen (secondary N) is 1. The highest BCUT2D eigenvalue weighted by molar-refractivity contribution is 5.99. The van der Waals surface area contributed by atoms with Crippen LogP contribution in [0.15, 0.2) is 45.7 Å². The monoisotopic (exact) mass is 188 g/mol. The summed E-state index contributed by atoms with van der Waals surface area (Å²) in [6.07, 6.45) is 0.928. The summed E-state index contributed by atoms with van der Waals surface area (Å²) in [5.74, 6) is 0.648. The molecule has 1 atom stereocenters. The predicted octanol–water partition coefficient (Wildman–Crippen LogP) is 2.14. The van der Waals surface area contributed by atoms with Crippen LogP contribution in [0.4, 0.5) is 0 Å². The summed E-state index contributed by atoms with van der Waals surface area (Å²) in [4.78, 5) is 0. The summed E-state index contributed by atoms with van der Waals surface area (Å²) in [7, 11) is 0. The number of azo groups is 1. The van der Waals surface area contributed by atoms with Gasteiger partial charge >= 0.3 is 0 Å². The van der Waals surface area contributed by atoms with Gasteiger partial charge < -0.3 is 0 Å². The molecule has 0 fully saturated rings. The van der Waals surface area contributed by atoms with Crippen molar-refractivity contribution in [3.05, 3.63) is 35.9 Å². The van der Waals surface area contributed by atoms with Crippen LogP contribution in [0.1, 0.15) is 18.9 Å². The molecule has 0 saturated heterocycles. The number of benzene rings is 1. The second kappa shape index (κ2) is 4.00. The highest BCUT2D eigenvalue weighted by Crippen LogP contribution is 2.07. The van der Waals surface area contributed by atoms with E-state index in [1.165, 1.54) is 0 Å². The molecule has 0 saturated carbocycles. The molecular formula is C10H12N4. The van der Waals surface area contributed by atoms with Crippen molar-refractivity contribution in [2.45, 2.75) is 19.5 Å². The van der Waals surface area contributed by atoms with Gasteiger partial charge in [-0.2, -0.15) is 10.2 Å².